The minimum absolute atomic E-state index is 0.656. The Balaban J connectivity index is 3.07. The van der Waals surface area contributed by atoms with E-state index in [9.17, 15) is 0 Å². The summed E-state index contributed by atoms with van der Waals surface area (Å²) >= 11 is 0. The molecule has 3 nitrogen and oxygen atoms in total. The Kier molecular flexibility index (Phi) is 10.9. The molecule has 0 fully saturated rings. The molecule has 0 bridgehead atoms. The third kappa shape index (κ3) is 9.96. The predicted molar refractivity (Wildman–Crippen MR) is 61.5 cm³/mol. The third-order valence-corrected chi connectivity index (χ3v) is 2.26. The molecule has 0 saturated carbocycles. The molecule has 14 heavy (non-hydrogen) atoms. The number of nitrogens with one attached hydrogen (secondary N) is 1. The molecule has 0 amide bonds. The quantitative estimate of drug-likeness (QED) is 0.431. The fourth-order valence-electron chi connectivity index (χ4n) is 1.31. The van der Waals surface area contributed by atoms with Gasteiger partial charge in [0.1, 0.15) is 0 Å². The first-order valence-corrected chi connectivity index (χ1v) is 5.72. The second-order valence-electron chi connectivity index (χ2n) is 3.77. The van der Waals surface area contributed by atoms with Crippen molar-refractivity contribution in [3.63, 3.8) is 0 Å². The van der Waals surface area contributed by atoms with Crippen molar-refractivity contribution in [2.75, 3.05) is 40.5 Å². The van der Waals surface area contributed by atoms with Crippen molar-refractivity contribution in [1.82, 2.24) is 10.2 Å². The Bertz CT molecular complexity index is 97.5. The summed E-state index contributed by atoms with van der Waals surface area (Å²) in [6.45, 7) is 5.96. The molecule has 0 radical (unpaired) electrons. The highest BCUT2D eigenvalue weighted by Crippen LogP contribution is 1.99. The van der Waals surface area contributed by atoms with Crippen molar-refractivity contribution < 1.29 is 4.74 Å². The lowest BCUT2D eigenvalue weighted by Crippen LogP contribution is -2.25. The second kappa shape index (κ2) is 11.0. The molecular weight excluding hydrogens is 176 g/mol. The zero-order valence-corrected chi connectivity index (χ0v) is 10.0. The van der Waals surface area contributed by atoms with Crippen molar-refractivity contribution in [1.29, 1.82) is 0 Å². The molecule has 0 aliphatic heterocycles. The van der Waals surface area contributed by atoms with E-state index in [0.29, 0.717) is 6.73 Å². The van der Waals surface area contributed by atoms with Crippen molar-refractivity contribution in [2.45, 2.75) is 32.6 Å². The van der Waals surface area contributed by atoms with Crippen LogP contribution in [-0.4, -0.2) is 45.4 Å². The molecule has 0 spiro atoms. The van der Waals surface area contributed by atoms with Crippen molar-refractivity contribution in [2.24, 2.45) is 0 Å². The van der Waals surface area contributed by atoms with Gasteiger partial charge >= 0.3 is 0 Å². The van der Waals surface area contributed by atoms with E-state index < -0.39 is 0 Å². The molecule has 0 rings (SSSR count). The highest BCUT2D eigenvalue weighted by Gasteiger charge is 1.97. The summed E-state index contributed by atoms with van der Waals surface area (Å²) in [7, 11) is 4.06. The summed E-state index contributed by atoms with van der Waals surface area (Å²) in [5, 5.41) is 2.96. The van der Waals surface area contributed by atoms with E-state index in [4.69, 9.17) is 4.74 Å². The van der Waals surface area contributed by atoms with Gasteiger partial charge in [0, 0.05) is 6.54 Å². The first-order chi connectivity index (χ1) is 6.81. The van der Waals surface area contributed by atoms with Crippen molar-refractivity contribution in [3.8, 4) is 0 Å². The van der Waals surface area contributed by atoms with Crippen LogP contribution in [0, 0.1) is 0 Å². The Labute approximate surface area is 88.8 Å². The zero-order chi connectivity index (χ0) is 10.6. The van der Waals surface area contributed by atoms with Crippen molar-refractivity contribution in [3.05, 3.63) is 0 Å². The van der Waals surface area contributed by atoms with Crippen LogP contribution in [0.5, 0.6) is 0 Å². The van der Waals surface area contributed by atoms with Crippen molar-refractivity contribution >= 4 is 0 Å². The lowest BCUT2D eigenvalue weighted by molar-refractivity contribution is 0.101. The summed E-state index contributed by atoms with van der Waals surface area (Å²) in [5.41, 5.74) is 0. The van der Waals surface area contributed by atoms with E-state index >= 15 is 0 Å². The van der Waals surface area contributed by atoms with Crippen LogP contribution in [0.3, 0.4) is 0 Å². The highest BCUT2D eigenvalue weighted by atomic mass is 16.5. The monoisotopic (exact) mass is 202 g/mol. The average molecular weight is 202 g/mol. The van der Waals surface area contributed by atoms with Gasteiger partial charge in [0.05, 0.1) is 13.3 Å². The van der Waals surface area contributed by atoms with Gasteiger partial charge in [0.25, 0.3) is 0 Å². The van der Waals surface area contributed by atoms with Crippen LogP contribution in [0.1, 0.15) is 32.6 Å². The molecule has 0 atom stereocenters. The highest BCUT2D eigenvalue weighted by molar-refractivity contribution is 4.51. The van der Waals surface area contributed by atoms with Gasteiger partial charge in [-0.2, -0.15) is 0 Å². The van der Waals surface area contributed by atoms with Gasteiger partial charge in [-0.3, -0.25) is 5.32 Å². The fourth-order valence-corrected chi connectivity index (χ4v) is 1.31. The number of likely N-dealkylation sites (N-methyl/N-ethyl adjacent to an activating group) is 1. The van der Waals surface area contributed by atoms with Crippen LogP contribution >= 0.6 is 0 Å². The topological polar surface area (TPSA) is 24.5 Å². The van der Waals surface area contributed by atoms with E-state index in [2.05, 4.69) is 24.2 Å². The number of rotatable bonds is 10. The molecule has 0 aromatic rings. The molecule has 1 N–H and O–H groups in total. The summed E-state index contributed by atoms with van der Waals surface area (Å²) in [4.78, 5) is 2.34. The number of unbranched alkanes of at least 4 members (excludes halogenated alkanes) is 3. The van der Waals surface area contributed by atoms with Crippen LogP contribution in [0.4, 0.5) is 0 Å². The van der Waals surface area contributed by atoms with Crippen LogP contribution in [0.2, 0.25) is 0 Å². The summed E-state index contributed by atoms with van der Waals surface area (Å²) < 4.78 is 5.33. The molecule has 3 heteroatoms. The van der Waals surface area contributed by atoms with Crippen LogP contribution in [0.15, 0.2) is 0 Å². The lowest BCUT2D eigenvalue weighted by atomic mass is 10.2. The predicted octanol–water partition coefficient (Wildman–Crippen LogP) is 1.69. The average Bonchev–Trinajstić information content (AvgIpc) is 2.19. The Morgan fingerprint density at radius 3 is 2.57 bits per heavy atom. The van der Waals surface area contributed by atoms with E-state index in [-0.39, 0.29) is 0 Å². The van der Waals surface area contributed by atoms with Gasteiger partial charge in [-0.25, -0.2) is 0 Å². The van der Waals surface area contributed by atoms with Crippen LogP contribution in [-0.2, 0) is 4.74 Å². The Morgan fingerprint density at radius 1 is 1.14 bits per heavy atom. The number of hydrogen-bond acceptors (Lipinski definition) is 3. The van der Waals surface area contributed by atoms with Gasteiger partial charge in [-0.15, -0.1) is 0 Å². The maximum Gasteiger partial charge on any atom is 0.0963 e. The minimum atomic E-state index is 0.656. The zero-order valence-electron chi connectivity index (χ0n) is 10.0. The fraction of sp³-hybridized carbons (Fsp3) is 1.00. The van der Waals surface area contributed by atoms with Crippen LogP contribution in [0.25, 0.3) is 0 Å². The maximum atomic E-state index is 5.33. The second-order valence-corrected chi connectivity index (χ2v) is 3.77. The van der Waals surface area contributed by atoms with E-state index in [1.165, 1.54) is 32.2 Å². The van der Waals surface area contributed by atoms with Gasteiger partial charge < -0.3 is 9.64 Å². The van der Waals surface area contributed by atoms with Gasteiger partial charge in [-0.1, -0.05) is 26.2 Å². The molecule has 86 valence electrons. The summed E-state index contributed by atoms with van der Waals surface area (Å²) in [6.07, 6.45) is 5.35. The first-order valence-electron chi connectivity index (χ1n) is 5.72. The third-order valence-electron chi connectivity index (χ3n) is 2.26. The Morgan fingerprint density at radius 2 is 1.93 bits per heavy atom. The van der Waals surface area contributed by atoms with E-state index in [1.807, 2.05) is 7.05 Å². The minimum Gasteiger partial charge on any atom is -0.365 e. The van der Waals surface area contributed by atoms with Crippen LogP contribution < -0.4 is 5.32 Å². The SMILES string of the molecule is CCCCCCN(C)CCOCNC. The van der Waals surface area contributed by atoms with Gasteiger partial charge in [0.2, 0.25) is 0 Å². The molecular formula is C11H26N2O. The molecule has 0 heterocycles. The number of ether oxygens (including phenoxy) is 1. The van der Waals surface area contributed by atoms with Gasteiger partial charge in [-0.05, 0) is 27.1 Å². The Hall–Kier alpha value is -0.120. The lowest BCUT2D eigenvalue weighted by Gasteiger charge is -2.16. The van der Waals surface area contributed by atoms with E-state index in [0.717, 1.165) is 13.2 Å². The molecule has 0 aromatic heterocycles. The smallest absolute Gasteiger partial charge is 0.0963 e. The molecule has 0 aliphatic rings. The molecule has 0 saturated heterocycles. The molecule has 0 aromatic carbocycles. The molecule has 0 unspecified atom stereocenters. The molecule has 0 aliphatic carbocycles. The maximum absolute atomic E-state index is 5.33. The first kappa shape index (κ1) is 13.9. The number of hydrogen-bond donors (Lipinski definition) is 1. The summed E-state index contributed by atoms with van der Waals surface area (Å²) in [6, 6.07) is 0. The standard InChI is InChI=1S/C11H26N2O/c1-4-5-6-7-8-13(3)9-10-14-11-12-2/h12H,4-11H2,1-3H3. The summed E-state index contributed by atoms with van der Waals surface area (Å²) in [5.74, 6) is 0. The largest absolute Gasteiger partial charge is 0.365 e. The number of nitrogens with zero attached hydrogens (tertiary/aromatic N) is 1. The van der Waals surface area contributed by atoms with E-state index in [1.54, 1.807) is 0 Å². The van der Waals surface area contributed by atoms with Gasteiger partial charge in [0.15, 0.2) is 0 Å². The normalized spacial score (nSPS) is 11.1.